The molecule has 15 heavy (non-hydrogen) atoms. The molecule has 1 rings (SSSR count). The molecule has 0 aliphatic heterocycles. The molecule has 0 bridgehead atoms. The van der Waals surface area contributed by atoms with E-state index in [1.807, 2.05) is 0 Å². The van der Waals surface area contributed by atoms with Crippen molar-refractivity contribution in [1.29, 1.82) is 0 Å². The summed E-state index contributed by atoms with van der Waals surface area (Å²) in [5, 5.41) is 0. The lowest BCUT2D eigenvalue weighted by atomic mass is 10.1. The first-order valence-electron chi connectivity index (χ1n) is 3.69. The summed E-state index contributed by atoms with van der Waals surface area (Å²) in [6, 6.07) is 0.576. The average molecular weight is 263 g/mol. The Morgan fingerprint density at radius 3 is 2.20 bits per heavy atom. The van der Waals surface area contributed by atoms with Crippen LogP contribution in [0, 0.1) is 0 Å². The van der Waals surface area contributed by atoms with Gasteiger partial charge in [-0.15, -0.1) is 24.8 Å². The molecule has 2 N–H and O–H groups in total. The lowest BCUT2D eigenvalue weighted by Gasteiger charge is -2.09. The molecule has 0 amide bonds. The Kier molecular flexibility index (Phi) is 6.92. The summed E-state index contributed by atoms with van der Waals surface area (Å²) in [5.74, 6) is 0. The fraction of sp³-hybridized carbons (Fsp3) is 0.375. The van der Waals surface area contributed by atoms with Crippen LogP contribution in [0.25, 0.3) is 0 Å². The molecule has 0 saturated carbocycles. The van der Waals surface area contributed by atoms with Crippen molar-refractivity contribution < 1.29 is 13.2 Å². The highest BCUT2D eigenvalue weighted by atomic mass is 35.5. The van der Waals surface area contributed by atoms with E-state index in [9.17, 15) is 13.2 Å². The van der Waals surface area contributed by atoms with E-state index >= 15 is 0 Å². The van der Waals surface area contributed by atoms with Crippen molar-refractivity contribution in [3.63, 3.8) is 0 Å². The van der Waals surface area contributed by atoms with Gasteiger partial charge in [0.1, 0.15) is 0 Å². The van der Waals surface area contributed by atoms with Crippen molar-refractivity contribution in [2.45, 2.75) is 19.1 Å². The molecule has 0 fully saturated rings. The van der Waals surface area contributed by atoms with Crippen molar-refractivity contribution in [3.8, 4) is 0 Å². The number of hydrogen-bond acceptors (Lipinski definition) is 2. The molecule has 0 aromatic carbocycles. The van der Waals surface area contributed by atoms with Gasteiger partial charge in [0.05, 0.1) is 5.56 Å². The minimum absolute atomic E-state index is 0. The van der Waals surface area contributed by atoms with Crippen LogP contribution in [0.5, 0.6) is 0 Å². The van der Waals surface area contributed by atoms with Gasteiger partial charge < -0.3 is 5.73 Å². The maximum atomic E-state index is 12.2. The average Bonchev–Trinajstić information content (AvgIpc) is 2.03. The van der Waals surface area contributed by atoms with Gasteiger partial charge in [0.25, 0.3) is 0 Å². The van der Waals surface area contributed by atoms with Crippen molar-refractivity contribution in [2.24, 2.45) is 5.73 Å². The number of aromatic nitrogens is 1. The molecule has 0 spiro atoms. The predicted molar refractivity (Wildman–Crippen MR) is 56.3 cm³/mol. The van der Waals surface area contributed by atoms with Gasteiger partial charge in [-0.2, -0.15) is 13.2 Å². The van der Waals surface area contributed by atoms with Crippen LogP contribution in [-0.2, 0) is 6.18 Å². The highest BCUT2D eigenvalue weighted by molar-refractivity contribution is 5.85. The Labute approximate surface area is 97.9 Å². The molecule has 0 radical (unpaired) electrons. The Morgan fingerprint density at radius 2 is 1.80 bits per heavy atom. The minimum atomic E-state index is -4.35. The Hall–Kier alpha value is -0.520. The van der Waals surface area contributed by atoms with Gasteiger partial charge in [-0.25, -0.2) is 0 Å². The normalized spacial score (nSPS) is 12.3. The molecule has 88 valence electrons. The van der Waals surface area contributed by atoms with Crippen LogP contribution in [0.15, 0.2) is 18.5 Å². The number of nitrogens with two attached hydrogens (primary N) is 1. The van der Waals surface area contributed by atoms with Crippen molar-refractivity contribution in [2.75, 3.05) is 0 Å². The first kappa shape index (κ1) is 16.9. The summed E-state index contributed by atoms with van der Waals surface area (Å²) >= 11 is 0. The van der Waals surface area contributed by atoms with Crippen molar-refractivity contribution in [1.82, 2.24) is 4.98 Å². The number of nitrogens with zero attached hydrogens (tertiary/aromatic N) is 1. The summed E-state index contributed by atoms with van der Waals surface area (Å²) in [6.07, 6.45) is -2.23. The maximum absolute atomic E-state index is 12.2. The third kappa shape index (κ3) is 4.68. The summed E-state index contributed by atoms with van der Waals surface area (Å²) in [4.78, 5) is 3.47. The van der Waals surface area contributed by atoms with Crippen LogP contribution in [0.3, 0.4) is 0 Å². The quantitative estimate of drug-likeness (QED) is 0.845. The summed E-state index contributed by atoms with van der Waals surface area (Å²) in [5.41, 5.74) is 5.04. The van der Waals surface area contributed by atoms with Crippen molar-refractivity contribution in [3.05, 3.63) is 29.6 Å². The number of alkyl halides is 3. The summed E-state index contributed by atoms with van der Waals surface area (Å²) in [6.45, 7) is 1.61. The van der Waals surface area contributed by atoms with Gasteiger partial charge in [-0.1, -0.05) is 0 Å². The summed E-state index contributed by atoms with van der Waals surface area (Å²) < 4.78 is 36.5. The van der Waals surface area contributed by atoms with Gasteiger partial charge in [0, 0.05) is 18.4 Å². The smallest absolute Gasteiger partial charge is 0.324 e. The SMILES string of the molecule is C[C@@H](N)c1cncc(C(F)(F)F)c1.Cl.Cl. The fourth-order valence-corrected chi connectivity index (χ4v) is 0.862. The van der Waals surface area contributed by atoms with Crippen LogP contribution in [0.1, 0.15) is 24.1 Å². The van der Waals surface area contributed by atoms with Gasteiger partial charge in [-0.3, -0.25) is 4.98 Å². The van der Waals surface area contributed by atoms with Crippen LogP contribution in [0.2, 0.25) is 0 Å². The number of halogens is 5. The molecule has 1 heterocycles. The van der Waals surface area contributed by atoms with Crippen LogP contribution >= 0.6 is 24.8 Å². The largest absolute Gasteiger partial charge is 0.417 e. The molecular formula is C8H11Cl2F3N2. The molecule has 0 aliphatic carbocycles. The van der Waals surface area contributed by atoms with Crippen LogP contribution in [0.4, 0.5) is 13.2 Å². The van der Waals surface area contributed by atoms with E-state index < -0.39 is 17.8 Å². The zero-order valence-electron chi connectivity index (χ0n) is 7.78. The van der Waals surface area contributed by atoms with E-state index in [1.54, 1.807) is 6.92 Å². The van der Waals surface area contributed by atoms with E-state index in [2.05, 4.69) is 4.98 Å². The highest BCUT2D eigenvalue weighted by Crippen LogP contribution is 2.29. The molecule has 0 saturated heterocycles. The van der Waals surface area contributed by atoms with Gasteiger partial charge in [0.2, 0.25) is 0 Å². The van der Waals surface area contributed by atoms with Gasteiger partial charge >= 0.3 is 6.18 Å². The van der Waals surface area contributed by atoms with E-state index in [-0.39, 0.29) is 24.8 Å². The van der Waals surface area contributed by atoms with Gasteiger partial charge in [-0.05, 0) is 18.6 Å². The molecule has 1 atom stereocenters. The van der Waals surface area contributed by atoms with E-state index in [0.717, 1.165) is 12.3 Å². The molecule has 0 aliphatic rings. The predicted octanol–water partition coefficient (Wildman–Crippen LogP) is 2.96. The lowest BCUT2D eigenvalue weighted by Crippen LogP contribution is -2.10. The van der Waals surface area contributed by atoms with Crippen LogP contribution < -0.4 is 5.73 Å². The minimum Gasteiger partial charge on any atom is -0.324 e. The van der Waals surface area contributed by atoms with Gasteiger partial charge in [0.15, 0.2) is 0 Å². The topological polar surface area (TPSA) is 38.9 Å². The molecular weight excluding hydrogens is 252 g/mol. The maximum Gasteiger partial charge on any atom is 0.417 e. The number of pyridine rings is 1. The first-order chi connectivity index (χ1) is 5.91. The molecule has 1 aromatic rings. The Balaban J connectivity index is 0. The molecule has 7 heteroatoms. The number of hydrogen-bond donors (Lipinski definition) is 1. The molecule has 1 aromatic heterocycles. The van der Waals surface area contributed by atoms with E-state index in [4.69, 9.17) is 5.73 Å². The lowest BCUT2D eigenvalue weighted by molar-refractivity contribution is -0.137. The third-order valence-electron chi connectivity index (χ3n) is 1.61. The van der Waals surface area contributed by atoms with Crippen molar-refractivity contribution >= 4 is 24.8 Å². The second-order valence-corrected chi connectivity index (χ2v) is 2.79. The monoisotopic (exact) mass is 262 g/mol. The van der Waals surface area contributed by atoms with E-state index in [0.29, 0.717) is 5.56 Å². The standard InChI is InChI=1S/C8H9F3N2.2ClH/c1-5(12)6-2-7(4-13-3-6)8(9,10)11;;/h2-5H,12H2,1H3;2*1H/t5-;;/m1../s1. The highest BCUT2D eigenvalue weighted by Gasteiger charge is 2.31. The Bertz CT molecular complexity index is 302. The zero-order valence-corrected chi connectivity index (χ0v) is 9.42. The Morgan fingerprint density at radius 1 is 1.27 bits per heavy atom. The zero-order chi connectivity index (χ0) is 10.1. The van der Waals surface area contributed by atoms with Crippen LogP contribution in [-0.4, -0.2) is 4.98 Å². The fourth-order valence-electron chi connectivity index (χ4n) is 0.862. The number of rotatable bonds is 1. The summed E-state index contributed by atoms with van der Waals surface area (Å²) in [7, 11) is 0. The third-order valence-corrected chi connectivity index (χ3v) is 1.61. The first-order valence-corrected chi connectivity index (χ1v) is 3.69. The second-order valence-electron chi connectivity index (χ2n) is 2.79. The molecule has 2 nitrogen and oxygen atoms in total. The second kappa shape index (κ2) is 6.15. The molecule has 0 unspecified atom stereocenters. The van der Waals surface area contributed by atoms with E-state index in [1.165, 1.54) is 6.20 Å².